The van der Waals surface area contributed by atoms with Crippen molar-refractivity contribution in [3.05, 3.63) is 0 Å². The van der Waals surface area contributed by atoms with Crippen molar-refractivity contribution in [1.82, 2.24) is 0 Å². The first-order valence-corrected chi connectivity index (χ1v) is 14.1. The van der Waals surface area contributed by atoms with Gasteiger partial charge < -0.3 is 14.6 Å². The fraction of sp³-hybridized carbons (Fsp3) is 0.897. The average Bonchev–Trinajstić information content (AvgIpc) is 3.18. The van der Waals surface area contributed by atoms with Gasteiger partial charge in [0, 0.05) is 6.42 Å². The number of carboxylic acids is 1. The van der Waals surface area contributed by atoms with Gasteiger partial charge in [0.2, 0.25) is 0 Å². The molecule has 0 aromatic carbocycles. The van der Waals surface area contributed by atoms with Crippen LogP contribution in [0.2, 0.25) is 0 Å². The smallest absolute Gasteiger partial charge is 0.306 e. The summed E-state index contributed by atoms with van der Waals surface area (Å²) in [5.41, 5.74) is 0.708. The average molecular weight is 491 g/mol. The van der Waals surface area contributed by atoms with Crippen LogP contribution in [0, 0.1) is 46.3 Å². The molecule has 0 saturated heterocycles. The van der Waals surface area contributed by atoms with Crippen molar-refractivity contribution in [3.63, 3.8) is 0 Å². The van der Waals surface area contributed by atoms with Gasteiger partial charge in [0.1, 0.15) is 6.10 Å². The maximum absolute atomic E-state index is 12.1. The zero-order valence-electron chi connectivity index (χ0n) is 22.2. The highest BCUT2D eigenvalue weighted by Crippen LogP contribution is 2.68. The molecule has 4 aliphatic rings. The number of hydrogen-bond acceptors (Lipinski definition) is 5. The molecule has 4 rings (SSSR count). The number of carbonyl (C=O) groups excluding carboxylic acids is 2. The van der Waals surface area contributed by atoms with E-state index in [4.69, 9.17) is 14.6 Å². The first-order chi connectivity index (χ1) is 16.6. The summed E-state index contributed by atoms with van der Waals surface area (Å²) in [5, 5.41) is 8.83. The predicted octanol–water partition coefficient (Wildman–Crippen LogP) is 6.01. The highest BCUT2D eigenvalue weighted by Gasteiger charge is 2.60. The molecule has 0 bridgehead atoms. The molecule has 0 aromatic rings. The fourth-order valence-electron chi connectivity index (χ4n) is 9.40. The zero-order chi connectivity index (χ0) is 25.4. The maximum Gasteiger partial charge on any atom is 0.306 e. The molecule has 0 radical (unpaired) electrons. The van der Waals surface area contributed by atoms with E-state index in [2.05, 4.69) is 20.8 Å². The van der Waals surface area contributed by atoms with E-state index in [0.717, 1.165) is 43.4 Å². The van der Waals surface area contributed by atoms with Gasteiger partial charge in [-0.15, -0.1) is 0 Å². The monoisotopic (exact) mass is 490 g/mol. The number of hydrogen-bond donors (Lipinski definition) is 1. The minimum Gasteiger partial charge on any atom is -0.481 e. The highest BCUT2D eigenvalue weighted by molar-refractivity contribution is 5.76. The van der Waals surface area contributed by atoms with Crippen LogP contribution in [-0.2, 0) is 23.9 Å². The Labute approximate surface area is 210 Å². The zero-order valence-corrected chi connectivity index (χ0v) is 22.2. The molecule has 4 aliphatic carbocycles. The number of carboxylic acid groups (broad SMARTS) is 1. The van der Waals surface area contributed by atoms with E-state index in [-0.39, 0.29) is 30.9 Å². The van der Waals surface area contributed by atoms with Crippen LogP contribution in [0.5, 0.6) is 0 Å². The van der Waals surface area contributed by atoms with E-state index >= 15 is 0 Å². The molecular weight excluding hydrogens is 444 g/mol. The number of carbonyl (C=O) groups is 3. The molecule has 4 fully saturated rings. The molecule has 198 valence electrons. The Balaban J connectivity index is 1.38. The van der Waals surface area contributed by atoms with Gasteiger partial charge in [0.15, 0.2) is 0 Å². The van der Waals surface area contributed by atoms with Crippen LogP contribution in [0.4, 0.5) is 0 Å². The van der Waals surface area contributed by atoms with Crippen molar-refractivity contribution < 1.29 is 29.0 Å². The molecule has 0 aromatic heterocycles. The van der Waals surface area contributed by atoms with Crippen molar-refractivity contribution >= 4 is 17.9 Å². The first kappa shape index (κ1) is 26.5. The van der Waals surface area contributed by atoms with Gasteiger partial charge in [-0.05, 0) is 111 Å². The Hall–Kier alpha value is -1.59. The summed E-state index contributed by atoms with van der Waals surface area (Å²) < 4.78 is 10.6. The molecule has 1 N–H and O–H groups in total. The Kier molecular flexibility index (Phi) is 7.88. The molecule has 6 nitrogen and oxygen atoms in total. The van der Waals surface area contributed by atoms with Gasteiger partial charge in [-0.2, -0.15) is 0 Å². The fourth-order valence-corrected chi connectivity index (χ4v) is 9.40. The Bertz CT molecular complexity index is 809. The first-order valence-electron chi connectivity index (χ1n) is 14.1. The van der Waals surface area contributed by atoms with Crippen LogP contribution in [0.15, 0.2) is 0 Å². The van der Waals surface area contributed by atoms with Crippen LogP contribution in [0.3, 0.4) is 0 Å². The third kappa shape index (κ3) is 5.13. The largest absolute Gasteiger partial charge is 0.481 e. The predicted molar refractivity (Wildman–Crippen MR) is 132 cm³/mol. The van der Waals surface area contributed by atoms with E-state index < -0.39 is 5.97 Å². The lowest BCUT2D eigenvalue weighted by Gasteiger charge is -2.61. The van der Waals surface area contributed by atoms with Crippen molar-refractivity contribution in [1.29, 1.82) is 0 Å². The summed E-state index contributed by atoms with van der Waals surface area (Å²) in [6.07, 6.45) is 11.9. The molecular formula is C29H46O6. The molecule has 0 aliphatic heterocycles. The van der Waals surface area contributed by atoms with Crippen LogP contribution in [-0.4, -0.2) is 36.2 Å². The lowest BCUT2D eigenvalue weighted by atomic mass is 9.44. The van der Waals surface area contributed by atoms with Crippen LogP contribution in [0.1, 0.15) is 104 Å². The lowest BCUT2D eigenvalue weighted by Crippen LogP contribution is -2.54. The van der Waals surface area contributed by atoms with Crippen molar-refractivity contribution in [2.24, 2.45) is 46.3 Å². The molecule has 9 atom stereocenters. The quantitative estimate of drug-likeness (QED) is 0.419. The summed E-state index contributed by atoms with van der Waals surface area (Å²) in [7, 11) is 1.48. The number of ether oxygens (including phenoxy) is 2. The third-order valence-corrected chi connectivity index (χ3v) is 11.3. The van der Waals surface area contributed by atoms with Gasteiger partial charge in [-0.25, -0.2) is 0 Å². The van der Waals surface area contributed by atoms with Crippen LogP contribution < -0.4 is 0 Å². The van der Waals surface area contributed by atoms with Crippen molar-refractivity contribution in [2.75, 3.05) is 7.11 Å². The van der Waals surface area contributed by atoms with Crippen molar-refractivity contribution in [2.45, 2.75) is 110 Å². The van der Waals surface area contributed by atoms with E-state index in [0.29, 0.717) is 35.0 Å². The Morgan fingerprint density at radius 3 is 2.31 bits per heavy atom. The van der Waals surface area contributed by atoms with Crippen molar-refractivity contribution in [3.8, 4) is 0 Å². The van der Waals surface area contributed by atoms with Gasteiger partial charge in [-0.1, -0.05) is 20.8 Å². The SMILES string of the molecule is COC(=O)CC[C@H](C)[C@@H]1CC[C@@H]2[C@H]3CC[C@H]4C[C@@H](OC(=O)CCC(=O)O)CC[C@]4(C)[C@@H]3CC[C@]21C. The van der Waals surface area contributed by atoms with E-state index in [1.54, 1.807) is 0 Å². The minimum atomic E-state index is -0.951. The van der Waals surface area contributed by atoms with Gasteiger partial charge in [-0.3, -0.25) is 14.4 Å². The minimum absolute atomic E-state index is 0.0298. The highest BCUT2D eigenvalue weighted by atomic mass is 16.5. The van der Waals surface area contributed by atoms with E-state index in [9.17, 15) is 14.4 Å². The normalized spacial score (nSPS) is 41.1. The second-order valence-electron chi connectivity index (χ2n) is 12.8. The second kappa shape index (κ2) is 10.4. The lowest BCUT2D eigenvalue weighted by molar-refractivity contribution is -0.164. The third-order valence-electron chi connectivity index (χ3n) is 11.3. The second-order valence-corrected chi connectivity index (χ2v) is 12.8. The van der Waals surface area contributed by atoms with Crippen LogP contribution >= 0.6 is 0 Å². The maximum atomic E-state index is 12.1. The summed E-state index contributed by atoms with van der Waals surface area (Å²) >= 11 is 0. The van der Waals surface area contributed by atoms with E-state index in [1.165, 1.54) is 45.6 Å². The number of rotatable bonds is 8. The summed E-state index contributed by atoms with van der Waals surface area (Å²) in [5.74, 6) is 2.79. The molecule has 0 unspecified atom stereocenters. The molecule has 4 saturated carbocycles. The topological polar surface area (TPSA) is 89.9 Å². The Morgan fingerprint density at radius 2 is 1.60 bits per heavy atom. The Morgan fingerprint density at radius 1 is 0.886 bits per heavy atom. The summed E-state index contributed by atoms with van der Waals surface area (Å²) in [6.45, 7) is 7.43. The number of fused-ring (bicyclic) bond motifs is 5. The summed E-state index contributed by atoms with van der Waals surface area (Å²) in [6, 6.07) is 0. The molecule has 0 amide bonds. The standard InChI is InChI=1S/C29H46O6/c1-18(5-11-26(32)34-4)22-8-9-23-21-7-6-19-17-20(35-27(33)12-10-25(30)31)13-15-28(19,2)24(21)14-16-29(22,23)3/h18-24H,5-17H2,1-4H3,(H,30,31)/t18-,19-,20-,21+,22-,23+,24+,28-,29-/m0/s1. The summed E-state index contributed by atoms with van der Waals surface area (Å²) in [4.78, 5) is 34.6. The molecule has 35 heavy (non-hydrogen) atoms. The molecule has 0 spiro atoms. The molecule has 0 heterocycles. The van der Waals surface area contributed by atoms with Gasteiger partial charge in [0.25, 0.3) is 0 Å². The number of methoxy groups -OCH3 is 1. The number of esters is 2. The molecule has 6 heteroatoms. The van der Waals surface area contributed by atoms with Gasteiger partial charge >= 0.3 is 17.9 Å². The van der Waals surface area contributed by atoms with E-state index in [1.807, 2.05) is 0 Å². The van der Waals surface area contributed by atoms with Crippen LogP contribution in [0.25, 0.3) is 0 Å². The number of aliphatic carboxylic acids is 1. The van der Waals surface area contributed by atoms with Gasteiger partial charge in [0.05, 0.1) is 20.0 Å².